The molecular formula is C17H13N3O2. The van der Waals surface area contributed by atoms with E-state index in [2.05, 4.69) is 10.1 Å². The van der Waals surface area contributed by atoms with E-state index in [4.69, 9.17) is 4.52 Å². The summed E-state index contributed by atoms with van der Waals surface area (Å²) in [7, 11) is 0. The molecule has 4 rings (SSSR count). The van der Waals surface area contributed by atoms with Crippen LogP contribution in [-0.4, -0.2) is 16.0 Å². The number of nitrogens with zero attached hydrogens (tertiary/aromatic N) is 3. The number of fused-ring (bicyclic) bond motifs is 1. The van der Waals surface area contributed by atoms with Crippen LogP contribution in [0.5, 0.6) is 0 Å². The molecule has 1 aliphatic rings. The third-order valence-corrected chi connectivity index (χ3v) is 3.94. The lowest BCUT2D eigenvalue weighted by atomic mass is 10.1. The number of hydrogen-bond donors (Lipinski definition) is 0. The zero-order valence-corrected chi connectivity index (χ0v) is 12.0. The number of anilines is 1. The summed E-state index contributed by atoms with van der Waals surface area (Å²) in [6, 6.07) is 13.5. The number of aryl methyl sites for hydroxylation is 1. The molecule has 5 heteroatoms. The zero-order chi connectivity index (χ0) is 15.1. The normalized spacial score (nSPS) is 13.5. The molecule has 108 valence electrons. The van der Waals surface area contributed by atoms with Gasteiger partial charge in [0.05, 0.1) is 6.54 Å². The molecule has 2 aromatic carbocycles. The highest BCUT2D eigenvalue weighted by molar-refractivity contribution is 6.10. The van der Waals surface area contributed by atoms with Crippen molar-refractivity contribution in [3.05, 3.63) is 65.5 Å². The van der Waals surface area contributed by atoms with Gasteiger partial charge in [-0.2, -0.15) is 4.98 Å². The molecule has 1 aromatic heterocycles. The van der Waals surface area contributed by atoms with E-state index in [1.165, 1.54) is 6.39 Å². The maximum absolute atomic E-state index is 12.6. The number of rotatable bonds is 2. The third-order valence-electron chi connectivity index (χ3n) is 3.94. The van der Waals surface area contributed by atoms with Crippen molar-refractivity contribution >= 4 is 11.6 Å². The van der Waals surface area contributed by atoms with Crippen molar-refractivity contribution in [2.45, 2.75) is 13.5 Å². The van der Waals surface area contributed by atoms with Crippen molar-refractivity contribution in [1.29, 1.82) is 0 Å². The second-order valence-electron chi connectivity index (χ2n) is 5.30. The molecule has 0 unspecified atom stereocenters. The van der Waals surface area contributed by atoms with Crippen LogP contribution >= 0.6 is 0 Å². The highest BCUT2D eigenvalue weighted by atomic mass is 16.5. The fraction of sp³-hybridized carbons (Fsp3) is 0.118. The fourth-order valence-corrected chi connectivity index (χ4v) is 2.79. The first kappa shape index (κ1) is 12.8. The van der Waals surface area contributed by atoms with Crippen LogP contribution in [0.15, 0.2) is 53.4 Å². The molecule has 2 heterocycles. The number of hydrogen-bond acceptors (Lipinski definition) is 4. The van der Waals surface area contributed by atoms with Gasteiger partial charge in [-0.1, -0.05) is 35.5 Å². The number of carbonyl (C=O) groups excluding carboxylic acids is 1. The second-order valence-corrected chi connectivity index (χ2v) is 5.30. The van der Waals surface area contributed by atoms with Crippen molar-refractivity contribution in [3.63, 3.8) is 0 Å². The Hall–Kier alpha value is -2.95. The maximum atomic E-state index is 12.6. The summed E-state index contributed by atoms with van der Waals surface area (Å²) in [5, 5.41) is 3.85. The van der Waals surface area contributed by atoms with Crippen molar-refractivity contribution in [2.24, 2.45) is 0 Å². The predicted octanol–water partition coefficient (Wildman–Crippen LogP) is 3.21. The molecular weight excluding hydrogens is 278 g/mol. The minimum absolute atomic E-state index is 0.0314. The van der Waals surface area contributed by atoms with Crippen LogP contribution in [0.3, 0.4) is 0 Å². The highest BCUT2D eigenvalue weighted by Gasteiger charge is 2.29. The maximum Gasteiger partial charge on any atom is 0.258 e. The number of aromatic nitrogens is 2. The van der Waals surface area contributed by atoms with Crippen molar-refractivity contribution in [3.8, 4) is 11.4 Å². The first-order valence-corrected chi connectivity index (χ1v) is 7.01. The van der Waals surface area contributed by atoms with Gasteiger partial charge < -0.3 is 9.42 Å². The molecule has 0 N–H and O–H groups in total. The van der Waals surface area contributed by atoms with Gasteiger partial charge in [0, 0.05) is 16.8 Å². The van der Waals surface area contributed by atoms with Gasteiger partial charge in [0.2, 0.25) is 12.2 Å². The van der Waals surface area contributed by atoms with E-state index in [1.807, 2.05) is 49.4 Å². The summed E-state index contributed by atoms with van der Waals surface area (Å²) in [6.07, 6.45) is 1.30. The predicted molar refractivity (Wildman–Crippen MR) is 81.4 cm³/mol. The van der Waals surface area contributed by atoms with Crippen LogP contribution in [0, 0.1) is 6.92 Å². The van der Waals surface area contributed by atoms with E-state index in [1.54, 1.807) is 4.90 Å². The SMILES string of the molecule is Cc1ccc(-c2ncon2)cc1N1Cc2ccccc2C1=O. The number of carbonyl (C=O) groups is 1. The summed E-state index contributed by atoms with van der Waals surface area (Å²) >= 11 is 0. The molecule has 0 fully saturated rings. The van der Waals surface area contributed by atoms with Gasteiger partial charge in [-0.25, -0.2) is 0 Å². The molecule has 0 aliphatic carbocycles. The molecule has 5 nitrogen and oxygen atoms in total. The molecule has 0 radical (unpaired) electrons. The first-order valence-electron chi connectivity index (χ1n) is 7.01. The van der Waals surface area contributed by atoms with Crippen LogP contribution in [0.2, 0.25) is 0 Å². The molecule has 22 heavy (non-hydrogen) atoms. The van der Waals surface area contributed by atoms with E-state index >= 15 is 0 Å². The Morgan fingerprint density at radius 3 is 2.82 bits per heavy atom. The standard InChI is InChI=1S/C17H13N3O2/c1-11-6-7-12(16-18-10-22-19-16)8-15(11)20-9-13-4-2-3-5-14(13)17(20)21/h2-8,10H,9H2,1H3. The topological polar surface area (TPSA) is 59.2 Å². The summed E-state index contributed by atoms with van der Waals surface area (Å²) in [6.45, 7) is 2.58. The van der Waals surface area contributed by atoms with Gasteiger partial charge in [-0.15, -0.1) is 0 Å². The molecule has 0 atom stereocenters. The summed E-state index contributed by atoms with van der Waals surface area (Å²) in [5.74, 6) is 0.550. The van der Waals surface area contributed by atoms with Crippen LogP contribution < -0.4 is 4.90 Å². The minimum Gasteiger partial charge on any atom is -0.342 e. The van der Waals surface area contributed by atoms with Gasteiger partial charge >= 0.3 is 0 Å². The molecule has 0 bridgehead atoms. The van der Waals surface area contributed by atoms with Crippen LogP contribution in [0.1, 0.15) is 21.5 Å². The molecule has 0 spiro atoms. The summed E-state index contributed by atoms with van der Waals surface area (Å²) in [5.41, 5.74) is 4.57. The summed E-state index contributed by atoms with van der Waals surface area (Å²) < 4.78 is 4.79. The Labute approximate surface area is 127 Å². The molecule has 3 aromatic rings. The van der Waals surface area contributed by atoms with E-state index in [-0.39, 0.29) is 5.91 Å². The van der Waals surface area contributed by atoms with Gasteiger partial charge in [-0.05, 0) is 30.2 Å². The second kappa shape index (κ2) is 4.80. The largest absolute Gasteiger partial charge is 0.342 e. The Morgan fingerprint density at radius 1 is 1.18 bits per heavy atom. The lowest BCUT2D eigenvalue weighted by molar-refractivity contribution is 0.0996. The smallest absolute Gasteiger partial charge is 0.258 e. The first-order chi connectivity index (χ1) is 10.7. The Balaban J connectivity index is 1.78. The van der Waals surface area contributed by atoms with Crippen LogP contribution in [0.4, 0.5) is 5.69 Å². The zero-order valence-electron chi connectivity index (χ0n) is 12.0. The lowest BCUT2D eigenvalue weighted by Crippen LogP contribution is -2.23. The number of benzene rings is 2. The molecule has 1 amide bonds. The average Bonchev–Trinajstić information content (AvgIpc) is 3.17. The van der Waals surface area contributed by atoms with Crippen molar-refractivity contribution in [2.75, 3.05) is 4.90 Å². The Kier molecular flexibility index (Phi) is 2.79. The third kappa shape index (κ3) is 1.90. The van der Waals surface area contributed by atoms with Crippen LogP contribution in [-0.2, 0) is 6.54 Å². The average molecular weight is 291 g/mol. The molecule has 1 aliphatic heterocycles. The van der Waals surface area contributed by atoms with E-state index in [0.29, 0.717) is 12.4 Å². The Morgan fingerprint density at radius 2 is 2.05 bits per heavy atom. The van der Waals surface area contributed by atoms with E-state index in [9.17, 15) is 4.79 Å². The van der Waals surface area contributed by atoms with Gasteiger partial charge in [0.1, 0.15) is 0 Å². The number of amides is 1. The summed E-state index contributed by atoms with van der Waals surface area (Å²) in [4.78, 5) is 18.5. The van der Waals surface area contributed by atoms with Crippen LogP contribution in [0.25, 0.3) is 11.4 Å². The van der Waals surface area contributed by atoms with Crippen molar-refractivity contribution < 1.29 is 9.32 Å². The van der Waals surface area contributed by atoms with Gasteiger partial charge in [-0.3, -0.25) is 4.79 Å². The molecule has 0 saturated heterocycles. The fourth-order valence-electron chi connectivity index (χ4n) is 2.79. The van der Waals surface area contributed by atoms with E-state index < -0.39 is 0 Å². The highest BCUT2D eigenvalue weighted by Crippen LogP contribution is 2.32. The molecule has 0 saturated carbocycles. The van der Waals surface area contributed by atoms with Gasteiger partial charge in [0.25, 0.3) is 5.91 Å². The minimum atomic E-state index is 0.0314. The van der Waals surface area contributed by atoms with E-state index in [0.717, 1.165) is 27.9 Å². The van der Waals surface area contributed by atoms with Gasteiger partial charge in [0.15, 0.2) is 0 Å². The monoisotopic (exact) mass is 291 g/mol. The van der Waals surface area contributed by atoms with Crippen molar-refractivity contribution in [1.82, 2.24) is 10.1 Å². The Bertz CT molecular complexity index is 856. The lowest BCUT2D eigenvalue weighted by Gasteiger charge is -2.19. The quantitative estimate of drug-likeness (QED) is 0.727.